The number of ether oxygens (including phenoxy) is 1. The van der Waals surface area contributed by atoms with E-state index in [1.54, 1.807) is 12.4 Å². The van der Waals surface area contributed by atoms with Gasteiger partial charge in [0.05, 0.1) is 23.1 Å². The zero-order valence-electron chi connectivity index (χ0n) is 13.7. The molecule has 3 heterocycles. The summed E-state index contributed by atoms with van der Waals surface area (Å²) in [5.74, 6) is 0.942. The van der Waals surface area contributed by atoms with Gasteiger partial charge in [0.2, 0.25) is 0 Å². The average Bonchev–Trinajstić information content (AvgIpc) is 3.11. The molecule has 2 aliphatic carbocycles. The number of nitrogens with zero attached hydrogens (tertiary/aromatic N) is 3. The minimum absolute atomic E-state index is 0.0323. The minimum Gasteiger partial charge on any atom is -0.490 e. The third kappa shape index (κ3) is 2.54. The van der Waals surface area contributed by atoms with Gasteiger partial charge >= 0.3 is 0 Å². The first-order valence-electron chi connectivity index (χ1n) is 8.83. The van der Waals surface area contributed by atoms with E-state index in [9.17, 15) is 4.79 Å². The second-order valence-corrected chi connectivity index (χ2v) is 7.85. The fourth-order valence-corrected chi connectivity index (χ4v) is 4.38. The molecule has 5 nitrogen and oxygen atoms in total. The molecule has 6 heteroatoms. The second-order valence-electron chi connectivity index (χ2n) is 6.93. The fraction of sp³-hybridized carbons (Fsp3) is 0.421. The van der Waals surface area contributed by atoms with Gasteiger partial charge in [-0.2, -0.15) is 0 Å². The Hall–Kier alpha value is -1.95. The summed E-state index contributed by atoms with van der Waals surface area (Å²) in [4.78, 5) is 23.7. The van der Waals surface area contributed by atoms with Crippen molar-refractivity contribution in [3.63, 3.8) is 0 Å². The summed E-state index contributed by atoms with van der Waals surface area (Å²) in [5, 5.41) is 0. The van der Waals surface area contributed by atoms with E-state index in [2.05, 4.69) is 25.9 Å². The molecule has 3 aliphatic rings. The molecule has 0 N–H and O–H groups in total. The molecule has 25 heavy (non-hydrogen) atoms. The Balaban J connectivity index is 1.41. The van der Waals surface area contributed by atoms with E-state index < -0.39 is 0 Å². The number of fused-ring (bicyclic) bond motifs is 2. The maximum atomic E-state index is 13.0. The third-order valence-electron chi connectivity index (χ3n) is 5.36. The normalized spacial score (nSPS) is 21.9. The number of pyridine rings is 2. The van der Waals surface area contributed by atoms with Crippen molar-refractivity contribution in [1.29, 1.82) is 0 Å². The van der Waals surface area contributed by atoms with Crippen molar-refractivity contribution in [2.24, 2.45) is 0 Å². The predicted octanol–water partition coefficient (Wildman–Crippen LogP) is 3.66. The van der Waals surface area contributed by atoms with Gasteiger partial charge < -0.3 is 9.64 Å². The molecule has 1 saturated carbocycles. The first-order valence-corrected chi connectivity index (χ1v) is 9.62. The van der Waals surface area contributed by atoms with Crippen LogP contribution in [0.5, 0.6) is 5.75 Å². The van der Waals surface area contributed by atoms with E-state index >= 15 is 0 Å². The highest BCUT2D eigenvalue weighted by Crippen LogP contribution is 2.51. The number of carbonyl (C=O) groups is 1. The number of rotatable bonds is 3. The number of hydrogen-bond donors (Lipinski definition) is 0. The van der Waals surface area contributed by atoms with Gasteiger partial charge in [-0.15, -0.1) is 0 Å². The van der Waals surface area contributed by atoms with Gasteiger partial charge in [-0.25, -0.2) is 0 Å². The first kappa shape index (κ1) is 15.3. The molecular formula is C19H18BrN3O2. The smallest absolute Gasteiger partial charge is 0.256 e. The summed E-state index contributed by atoms with van der Waals surface area (Å²) in [7, 11) is 0. The lowest BCUT2D eigenvalue weighted by atomic mass is 10.0. The van der Waals surface area contributed by atoms with E-state index in [1.807, 2.05) is 17.0 Å². The van der Waals surface area contributed by atoms with Crippen molar-refractivity contribution in [3.05, 3.63) is 51.5 Å². The van der Waals surface area contributed by atoms with Crippen LogP contribution in [0.3, 0.4) is 0 Å². The molecule has 0 saturated heterocycles. The molecule has 1 atom stereocenters. The highest BCUT2D eigenvalue weighted by Gasteiger charge is 2.47. The maximum Gasteiger partial charge on any atom is 0.256 e. The molecule has 0 aromatic carbocycles. The quantitative estimate of drug-likeness (QED) is 0.789. The topological polar surface area (TPSA) is 55.3 Å². The summed E-state index contributed by atoms with van der Waals surface area (Å²) < 4.78 is 7.04. The van der Waals surface area contributed by atoms with Crippen molar-refractivity contribution >= 4 is 21.8 Å². The largest absolute Gasteiger partial charge is 0.490 e. The SMILES string of the molecule is O=C1c2cc(Br)cnc2CCN1C1c2nccc(OC3CCCC3)c21. The molecule has 128 valence electrons. The van der Waals surface area contributed by atoms with Gasteiger partial charge in [-0.05, 0) is 53.7 Å². The molecule has 1 aliphatic heterocycles. The lowest BCUT2D eigenvalue weighted by molar-refractivity contribution is 0.0713. The van der Waals surface area contributed by atoms with Crippen molar-refractivity contribution in [2.75, 3.05) is 6.54 Å². The Morgan fingerprint density at radius 1 is 1.24 bits per heavy atom. The van der Waals surface area contributed by atoms with Crippen molar-refractivity contribution in [1.82, 2.24) is 14.9 Å². The van der Waals surface area contributed by atoms with Crippen LogP contribution in [0.2, 0.25) is 0 Å². The zero-order chi connectivity index (χ0) is 17.0. The molecule has 1 amide bonds. The number of hydrogen-bond acceptors (Lipinski definition) is 4. The summed E-state index contributed by atoms with van der Waals surface area (Å²) >= 11 is 3.41. The molecule has 2 aromatic heterocycles. The molecule has 5 rings (SSSR count). The number of amides is 1. The van der Waals surface area contributed by atoms with E-state index in [4.69, 9.17) is 4.74 Å². The van der Waals surface area contributed by atoms with Crippen LogP contribution < -0.4 is 4.74 Å². The van der Waals surface area contributed by atoms with Crippen molar-refractivity contribution < 1.29 is 9.53 Å². The Morgan fingerprint density at radius 3 is 2.92 bits per heavy atom. The number of aromatic nitrogens is 2. The number of halogens is 1. The van der Waals surface area contributed by atoms with E-state index in [1.165, 1.54) is 12.8 Å². The van der Waals surface area contributed by atoms with Crippen LogP contribution in [-0.4, -0.2) is 33.4 Å². The van der Waals surface area contributed by atoms with Crippen molar-refractivity contribution in [2.45, 2.75) is 44.2 Å². The van der Waals surface area contributed by atoms with Gasteiger partial charge in [0, 0.05) is 35.4 Å². The third-order valence-corrected chi connectivity index (χ3v) is 5.79. The lowest BCUT2D eigenvalue weighted by Crippen LogP contribution is -2.37. The summed E-state index contributed by atoms with van der Waals surface area (Å²) in [5.41, 5.74) is 3.64. The van der Waals surface area contributed by atoms with Gasteiger partial charge in [-0.3, -0.25) is 14.8 Å². The van der Waals surface area contributed by atoms with Gasteiger partial charge in [-0.1, -0.05) is 0 Å². The summed E-state index contributed by atoms with van der Waals surface area (Å²) in [6, 6.07) is 3.77. The first-order chi connectivity index (χ1) is 12.2. The summed E-state index contributed by atoms with van der Waals surface area (Å²) in [6.07, 6.45) is 9.36. The highest BCUT2D eigenvalue weighted by molar-refractivity contribution is 9.10. The zero-order valence-corrected chi connectivity index (χ0v) is 15.3. The Labute approximate surface area is 154 Å². The van der Waals surface area contributed by atoms with Crippen LogP contribution >= 0.6 is 15.9 Å². The highest BCUT2D eigenvalue weighted by atomic mass is 79.9. The van der Waals surface area contributed by atoms with Crippen molar-refractivity contribution in [3.8, 4) is 5.75 Å². The van der Waals surface area contributed by atoms with E-state index in [-0.39, 0.29) is 11.9 Å². The van der Waals surface area contributed by atoms with E-state index in [0.29, 0.717) is 18.2 Å². The van der Waals surface area contributed by atoms with Crippen LogP contribution in [0.1, 0.15) is 59.0 Å². The molecule has 0 bridgehead atoms. The Kier molecular flexibility index (Phi) is 3.55. The van der Waals surface area contributed by atoms with Crippen LogP contribution in [-0.2, 0) is 6.42 Å². The van der Waals surface area contributed by atoms with E-state index in [0.717, 1.165) is 46.4 Å². The molecule has 0 spiro atoms. The van der Waals surface area contributed by atoms with Gasteiger partial charge in [0.15, 0.2) is 0 Å². The summed E-state index contributed by atoms with van der Waals surface area (Å²) in [6.45, 7) is 0.671. The molecule has 0 radical (unpaired) electrons. The van der Waals surface area contributed by atoms with Crippen LogP contribution in [0.25, 0.3) is 0 Å². The fourth-order valence-electron chi connectivity index (χ4n) is 4.05. The maximum absolute atomic E-state index is 13.0. The Bertz CT molecular complexity index is 864. The minimum atomic E-state index is -0.0361. The van der Waals surface area contributed by atoms with Gasteiger partial charge in [0.25, 0.3) is 5.91 Å². The molecule has 1 unspecified atom stereocenters. The van der Waals surface area contributed by atoms with Crippen LogP contribution in [0.4, 0.5) is 0 Å². The van der Waals surface area contributed by atoms with Crippen LogP contribution in [0, 0.1) is 0 Å². The molecule has 2 aromatic rings. The molecule has 1 fully saturated rings. The van der Waals surface area contributed by atoms with Crippen LogP contribution in [0.15, 0.2) is 29.0 Å². The van der Waals surface area contributed by atoms with Gasteiger partial charge in [0.1, 0.15) is 11.8 Å². The molecular weight excluding hydrogens is 382 g/mol. The second kappa shape index (κ2) is 5.80. The monoisotopic (exact) mass is 399 g/mol. The lowest BCUT2D eigenvalue weighted by Gasteiger charge is -2.28. The predicted molar refractivity (Wildman–Crippen MR) is 95.6 cm³/mol. The number of carbonyl (C=O) groups excluding carboxylic acids is 1. The standard InChI is InChI=1S/C19H18BrN3O2/c20-11-9-13-14(22-10-11)6-8-23(19(13)24)18-16-15(5-7-21-17(16)18)25-12-3-1-2-4-12/h5,7,9-10,12,18H,1-4,6,8H2. The Morgan fingerprint density at radius 2 is 2.08 bits per heavy atom. The average molecular weight is 400 g/mol.